The van der Waals surface area contributed by atoms with Crippen molar-refractivity contribution in [2.75, 3.05) is 40.4 Å². The predicted molar refractivity (Wildman–Crippen MR) is 65.7 cm³/mol. The van der Waals surface area contributed by atoms with E-state index >= 15 is 0 Å². The van der Waals surface area contributed by atoms with Gasteiger partial charge in [-0.3, -0.25) is 4.79 Å². The largest absolute Gasteiger partial charge is 0.389 e. The molecule has 0 spiro atoms. The minimum absolute atomic E-state index is 0.105. The molecule has 1 rings (SSSR count). The zero-order chi connectivity index (χ0) is 12.7. The fourth-order valence-corrected chi connectivity index (χ4v) is 2.16. The lowest BCUT2D eigenvalue weighted by Gasteiger charge is -2.26. The van der Waals surface area contributed by atoms with Gasteiger partial charge in [-0.2, -0.15) is 0 Å². The Kier molecular flexibility index (Phi) is 6.47. The molecule has 100 valence electrons. The molecule has 1 amide bonds. The van der Waals surface area contributed by atoms with Crippen molar-refractivity contribution in [3.63, 3.8) is 0 Å². The van der Waals surface area contributed by atoms with E-state index in [2.05, 4.69) is 5.32 Å². The third kappa shape index (κ3) is 5.48. The SMILES string of the molecule is COCC(O)CN(C)C(=O)CC1CCCNC1. The molecule has 1 fully saturated rings. The smallest absolute Gasteiger partial charge is 0.222 e. The highest BCUT2D eigenvalue weighted by Gasteiger charge is 2.20. The van der Waals surface area contributed by atoms with Crippen molar-refractivity contribution in [2.24, 2.45) is 5.92 Å². The van der Waals surface area contributed by atoms with E-state index in [9.17, 15) is 9.90 Å². The fourth-order valence-electron chi connectivity index (χ4n) is 2.16. The Hall–Kier alpha value is -0.650. The van der Waals surface area contributed by atoms with Crippen molar-refractivity contribution in [2.45, 2.75) is 25.4 Å². The minimum atomic E-state index is -0.599. The molecule has 2 atom stereocenters. The van der Waals surface area contributed by atoms with Crippen LogP contribution in [0.25, 0.3) is 0 Å². The summed E-state index contributed by atoms with van der Waals surface area (Å²) >= 11 is 0. The molecular weight excluding hydrogens is 220 g/mol. The summed E-state index contributed by atoms with van der Waals surface area (Å²) in [5.74, 6) is 0.548. The lowest BCUT2D eigenvalue weighted by molar-refractivity contribution is -0.132. The van der Waals surface area contributed by atoms with Gasteiger partial charge in [0.1, 0.15) is 0 Å². The van der Waals surface area contributed by atoms with E-state index in [-0.39, 0.29) is 12.5 Å². The first-order chi connectivity index (χ1) is 8.13. The van der Waals surface area contributed by atoms with Crippen LogP contribution in [0.15, 0.2) is 0 Å². The van der Waals surface area contributed by atoms with Crippen molar-refractivity contribution in [3.05, 3.63) is 0 Å². The molecule has 1 saturated heterocycles. The van der Waals surface area contributed by atoms with Crippen LogP contribution in [0.5, 0.6) is 0 Å². The van der Waals surface area contributed by atoms with Crippen molar-refractivity contribution in [1.82, 2.24) is 10.2 Å². The summed E-state index contributed by atoms with van der Waals surface area (Å²) in [4.78, 5) is 13.5. The Labute approximate surface area is 103 Å². The van der Waals surface area contributed by atoms with Crippen LogP contribution in [0, 0.1) is 5.92 Å². The molecule has 1 aliphatic heterocycles. The molecule has 0 aromatic rings. The first kappa shape index (κ1) is 14.4. The zero-order valence-corrected chi connectivity index (χ0v) is 10.8. The van der Waals surface area contributed by atoms with Gasteiger partial charge in [0.05, 0.1) is 12.7 Å². The van der Waals surface area contributed by atoms with Crippen LogP contribution in [-0.4, -0.2) is 62.4 Å². The molecule has 0 bridgehead atoms. The van der Waals surface area contributed by atoms with Crippen LogP contribution in [0.3, 0.4) is 0 Å². The molecule has 1 heterocycles. The van der Waals surface area contributed by atoms with Gasteiger partial charge in [-0.05, 0) is 31.8 Å². The molecule has 2 unspecified atom stereocenters. The molecule has 0 aromatic heterocycles. The number of amides is 1. The van der Waals surface area contributed by atoms with E-state index in [0.29, 0.717) is 18.9 Å². The Bertz CT molecular complexity index is 230. The predicted octanol–water partition coefficient (Wildman–Crippen LogP) is -0.158. The average molecular weight is 244 g/mol. The van der Waals surface area contributed by atoms with Gasteiger partial charge in [0.15, 0.2) is 0 Å². The van der Waals surface area contributed by atoms with Gasteiger partial charge >= 0.3 is 0 Å². The lowest BCUT2D eigenvalue weighted by atomic mass is 9.95. The molecule has 5 heteroatoms. The van der Waals surface area contributed by atoms with Crippen molar-refractivity contribution < 1.29 is 14.6 Å². The van der Waals surface area contributed by atoms with Crippen LogP contribution >= 0.6 is 0 Å². The van der Waals surface area contributed by atoms with Gasteiger partial charge in [-0.25, -0.2) is 0 Å². The molecule has 1 aliphatic rings. The van der Waals surface area contributed by atoms with E-state index in [4.69, 9.17) is 4.74 Å². The van der Waals surface area contributed by atoms with Crippen molar-refractivity contribution in [1.29, 1.82) is 0 Å². The van der Waals surface area contributed by atoms with Gasteiger partial charge in [0, 0.05) is 27.1 Å². The van der Waals surface area contributed by atoms with Crippen molar-refractivity contribution in [3.8, 4) is 0 Å². The van der Waals surface area contributed by atoms with Crippen molar-refractivity contribution >= 4 is 5.91 Å². The Balaban J connectivity index is 2.25. The van der Waals surface area contributed by atoms with Gasteiger partial charge < -0.3 is 20.1 Å². The summed E-state index contributed by atoms with van der Waals surface area (Å²) in [7, 11) is 3.27. The minimum Gasteiger partial charge on any atom is -0.389 e. The summed E-state index contributed by atoms with van der Waals surface area (Å²) in [6.45, 7) is 2.60. The monoisotopic (exact) mass is 244 g/mol. The van der Waals surface area contributed by atoms with Gasteiger partial charge in [0.25, 0.3) is 0 Å². The van der Waals surface area contributed by atoms with Gasteiger partial charge in [-0.1, -0.05) is 0 Å². The summed E-state index contributed by atoms with van der Waals surface area (Å²) in [5, 5.41) is 12.8. The van der Waals surface area contributed by atoms with Gasteiger partial charge in [0.2, 0.25) is 5.91 Å². The van der Waals surface area contributed by atoms with Crippen LogP contribution in [0.1, 0.15) is 19.3 Å². The summed E-state index contributed by atoms with van der Waals surface area (Å²) < 4.78 is 4.84. The number of piperidine rings is 1. The number of carbonyl (C=O) groups excluding carboxylic acids is 1. The quantitative estimate of drug-likeness (QED) is 0.682. The third-order valence-electron chi connectivity index (χ3n) is 3.13. The number of methoxy groups -OCH3 is 1. The maximum absolute atomic E-state index is 11.9. The first-order valence-corrected chi connectivity index (χ1v) is 6.25. The van der Waals surface area contributed by atoms with Crippen LogP contribution in [-0.2, 0) is 9.53 Å². The molecule has 0 saturated carbocycles. The van der Waals surface area contributed by atoms with Gasteiger partial charge in [-0.15, -0.1) is 0 Å². The van der Waals surface area contributed by atoms with Crippen LogP contribution in [0.2, 0.25) is 0 Å². The normalized spacial score (nSPS) is 22.2. The second-order valence-electron chi connectivity index (χ2n) is 4.80. The maximum Gasteiger partial charge on any atom is 0.222 e. The van der Waals surface area contributed by atoms with E-state index in [1.165, 1.54) is 0 Å². The number of nitrogens with one attached hydrogen (secondary N) is 1. The molecule has 0 radical (unpaired) electrons. The number of nitrogens with zero attached hydrogens (tertiary/aromatic N) is 1. The standard InChI is InChI=1S/C12H24N2O3/c1-14(8-11(15)9-17-2)12(16)6-10-4-3-5-13-7-10/h10-11,13,15H,3-9H2,1-2H3. The number of hydrogen-bond acceptors (Lipinski definition) is 4. The Morgan fingerprint density at radius 1 is 1.65 bits per heavy atom. The molecule has 5 nitrogen and oxygen atoms in total. The average Bonchev–Trinajstić information content (AvgIpc) is 2.30. The number of likely N-dealkylation sites (N-methyl/N-ethyl adjacent to an activating group) is 1. The maximum atomic E-state index is 11.9. The number of aliphatic hydroxyl groups is 1. The number of aliphatic hydroxyl groups excluding tert-OH is 1. The molecule has 17 heavy (non-hydrogen) atoms. The summed E-state index contributed by atoms with van der Waals surface area (Å²) in [6, 6.07) is 0. The van der Waals surface area contributed by atoms with E-state index < -0.39 is 6.10 Å². The second-order valence-corrected chi connectivity index (χ2v) is 4.80. The number of rotatable bonds is 6. The lowest BCUT2D eigenvalue weighted by Crippen LogP contribution is -2.39. The van der Waals surface area contributed by atoms with Crippen LogP contribution < -0.4 is 5.32 Å². The molecular formula is C12H24N2O3. The second kappa shape index (κ2) is 7.63. The fraction of sp³-hybridized carbons (Fsp3) is 0.917. The number of ether oxygens (including phenoxy) is 1. The van der Waals surface area contributed by atoms with E-state index in [1.807, 2.05) is 0 Å². The summed E-state index contributed by atoms with van der Waals surface area (Å²) in [6.07, 6.45) is 2.24. The highest BCUT2D eigenvalue weighted by atomic mass is 16.5. The Morgan fingerprint density at radius 3 is 3.00 bits per heavy atom. The molecule has 0 aliphatic carbocycles. The van der Waals surface area contributed by atoms with E-state index in [0.717, 1.165) is 25.9 Å². The van der Waals surface area contributed by atoms with Crippen LogP contribution in [0.4, 0.5) is 0 Å². The third-order valence-corrected chi connectivity index (χ3v) is 3.13. The topological polar surface area (TPSA) is 61.8 Å². The number of carbonyl (C=O) groups is 1. The molecule has 0 aromatic carbocycles. The first-order valence-electron chi connectivity index (χ1n) is 6.25. The number of hydrogen-bond donors (Lipinski definition) is 2. The highest BCUT2D eigenvalue weighted by Crippen LogP contribution is 2.15. The Morgan fingerprint density at radius 2 is 2.41 bits per heavy atom. The van der Waals surface area contributed by atoms with E-state index in [1.54, 1.807) is 19.1 Å². The highest BCUT2D eigenvalue weighted by molar-refractivity contribution is 5.76. The molecule has 2 N–H and O–H groups in total. The zero-order valence-electron chi connectivity index (χ0n) is 10.8. The summed E-state index contributed by atoms with van der Waals surface area (Å²) in [5.41, 5.74) is 0.